The number of aromatic nitrogens is 1. The molecule has 1 amide bonds. The van der Waals surface area contributed by atoms with E-state index in [2.05, 4.69) is 4.98 Å². The van der Waals surface area contributed by atoms with Crippen LogP contribution in [0.3, 0.4) is 0 Å². The molecule has 1 aliphatic rings. The molecule has 1 aliphatic heterocycles. The lowest BCUT2D eigenvalue weighted by molar-refractivity contribution is 0.00139. The molecule has 1 fully saturated rings. The first-order chi connectivity index (χ1) is 11.8. The summed E-state index contributed by atoms with van der Waals surface area (Å²) in [6, 6.07) is 9.39. The van der Waals surface area contributed by atoms with Crippen LogP contribution in [0.1, 0.15) is 21.8 Å². The van der Waals surface area contributed by atoms with Gasteiger partial charge in [-0.05, 0) is 13.3 Å². The van der Waals surface area contributed by atoms with E-state index in [1.807, 2.05) is 37.3 Å². The molecular weight excluding hydrogens is 358 g/mol. The van der Waals surface area contributed by atoms with Crippen molar-refractivity contribution < 1.29 is 13.2 Å². The molecule has 1 aromatic carbocycles. The lowest BCUT2D eigenvalue weighted by Crippen LogP contribution is -2.49. The topological polar surface area (TPSA) is 70.6 Å². The third kappa shape index (κ3) is 3.75. The van der Waals surface area contributed by atoms with Crippen LogP contribution in [0.2, 0.25) is 0 Å². The van der Waals surface area contributed by atoms with Crippen molar-refractivity contribution in [2.75, 3.05) is 25.6 Å². The molecule has 1 saturated heterocycles. The van der Waals surface area contributed by atoms with Gasteiger partial charge in [-0.25, -0.2) is 18.4 Å². The van der Waals surface area contributed by atoms with Gasteiger partial charge in [0, 0.05) is 19.7 Å². The molecule has 134 valence electrons. The molecule has 8 heteroatoms. The Labute approximate surface area is 152 Å². The first-order valence-electron chi connectivity index (χ1n) is 8.02. The summed E-state index contributed by atoms with van der Waals surface area (Å²) in [4.78, 5) is 18.2. The van der Waals surface area contributed by atoms with Crippen molar-refractivity contribution in [1.29, 1.82) is 0 Å². The van der Waals surface area contributed by atoms with Crippen LogP contribution in [0, 0.1) is 6.92 Å². The number of hydrogen-bond acceptors (Lipinski definition) is 6. The molecule has 0 radical (unpaired) electrons. The van der Waals surface area contributed by atoms with E-state index in [1.54, 1.807) is 24.1 Å². The Balaban J connectivity index is 1.92. The number of amides is 1. The molecule has 0 aliphatic carbocycles. The predicted octanol–water partition coefficient (Wildman–Crippen LogP) is 2.22. The fourth-order valence-corrected chi connectivity index (χ4v) is 5.74. The Bertz CT molecular complexity index is 876. The van der Waals surface area contributed by atoms with E-state index in [-0.39, 0.29) is 23.5 Å². The van der Waals surface area contributed by atoms with Crippen molar-refractivity contribution in [3.05, 3.63) is 40.9 Å². The fraction of sp³-hybridized carbons (Fsp3) is 0.412. The SMILES string of the molecule is Cc1nc(-c2ccccc2)sc1C(=O)N(C1CCS(=O)(=O)C1)N(C)C. The van der Waals surface area contributed by atoms with E-state index < -0.39 is 9.84 Å². The summed E-state index contributed by atoms with van der Waals surface area (Å²) in [5, 5.41) is 4.02. The van der Waals surface area contributed by atoms with Crippen LogP contribution in [-0.4, -0.2) is 61.0 Å². The lowest BCUT2D eigenvalue weighted by atomic mass is 10.2. The van der Waals surface area contributed by atoms with Gasteiger partial charge in [-0.1, -0.05) is 30.3 Å². The van der Waals surface area contributed by atoms with Crippen LogP contribution in [0.4, 0.5) is 0 Å². The molecule has 1 atom stereocenters. The van der Waals surface area contributed by atoms with Gasteiger partial charge in [0.2, 0.25) is 0 Å². The molecule has 2 aromatic rings. The van der Waals surface area contributed by atoms with Gasteiger partial charge < -0.3 is 0 Å². The van der Waals surface area contributed by atoms with Gasteiger partial charge in [0.05, 0.1) is 23.2 Å². The van der Waals surface area contributed by atoms with Gasteiger partial charge >= 0.3 is 0 Å². The minimum atomic E-state index is -3.07. The average Bonchev–Trinajstić information content (AvgIpc) is 3.10. The van der Waals surface area contributed by atoms with Crippen molar-refractivity contribution in [1.82, 2.24) is 15.0 Å². The molecule has 1 aromatic heterocycles. The number of carbonyl (C=O) groups excluding carboxylic acids is 1. The first kappa shape index (κ1) is 18.0. The summed E-state index contributed by atoms with van der Waals surface area (Å²) in [6.07, 6.45) is 0.468. The summed E-state index contributed by atoms with van der Waals surface area (Å²) < 4.78 is 23.6. The van der Waals surface area contributed by atoms with Crippen molar-refractivity contribution in [2.45, 2.75) is 19.4 Å². The van der Waals surface area contributed by atoms with Gasteiger partial charge in [-0.2, -0.15) is 0 Å². The van der Waals surface area contributed by atoms with E-state index in [4.69, 9.17) is 0 Å². The second-order valence-corrected chi connectivity index (χ2v) is 9.58. The maximum atomic E-state index is 13.1. The molecule has 0 saturated carbocycles. The highest BCUT2D eigenvalue weighted by Gasteiger charge is 2.37. The molecule has 3 rings (SSSR count). The Morgan fingerprint density at radius 1 is 1.24 bits per heavy atom. The largest absolute Gasteiger partial charge is 0.280 e. The quantitative estimate of drug-likeness (QED) is 0.762. The average molecular weight is 380 g/mol. The summed E-state index contributed by atoms with van der Waals surface area (Å²) in [7, 11) is 0.452. The summed E-state index contributed by atoms with van der Waals surface area (Å²) in [6.45, 7) is 1.81. The number of aryl methyl sites for hydroxylation is 1. The zero-order valence-corrected chi connectivity index (χ0v) is 16.1. The number of benzene rings is 1. The van der Waals surface area contributed by atoms with E-state index in [0.29, 0.717) is 17.0 Å². The lowest BCUT2D eigenvalue weighted by Gasteiger charge is -2.33. The molecule has 2 heterocycles. The second kappa shape index (κ2) is 6.86. The Morgan fingerprint density at radius 2 is 1.92 bits per heavy atom. The number of carbonyl (C=O) groups is 1. The van der Waals surface area contributed by atoms with Gasteiger partial charge in [0.15, 0.2) is 9.84 Å². The van der Waals surface area contributed by atoms with Crippen molar-refractivity contribution in [3.63, 3.8) is 0 Å². The van der Waals surface area contributed by atoms with Crippen LogP contribution in [0.5, 0.6) is 0 Å². The van der Waals surface area contributed by atoms with Gasteiger partial charge in [-0.3, -0.25) is 9.80 Å². The van der Waals surface area contributed by atoms with Gasteiger partial charge in [-0.15, -0.1) is 11.3 Å². The number of hydrogen-bond donors (Lipinski definition) is 0. The van der Waals surface area contributed by atoms with E-state index in [9.17, 15) is 13.2 Å². The first-order valence-corrected chi connectivity index (χ1v) is 10.7. The zero-order chi connectivity index (χ0) is 18.2. The monoisotopic (exact) mass is 379 g/mol. The third-order valence-corrected chi connectivity index (χ3v) is 7.15. The van der Waals surface area contributed by atoms with Crippen LogP contribution < -0.4 is 0 Å². The number of nitrogens with zero attached hydrogens (tertiary/aromatic N) is 3. The second-order valence-electron chi connectivity index (χ2n) is 6.35. The molecule has 6 nitrogen and oxygen atoms in total. The highest BCUT2D eigenvalue weighted by molar-refractivity contribution is 7.91. The fourth-order valence-electron chi connectivity index (χ4n) is 3.05. The third-order valence-electron chi connectivity index (χ3n) is 4.20. The molecule has 1 unspecified atom stereocenters. The molecule has 25 heavy (non-hydrogen) atoms. The predicted molar refractivity (Wildman–Crippen MR) is 99.2 cm³/mol. The van der Waals surface area contributed by atoms with Crippen LogP contribution in [-0.2, 0) is 9.84 Å². The zero-order valence-electron chi connectivity index (χ0n) is 14.5. The maximum Gasteiger partial charge on any atom is 0.280 e. The maximum absolute atomic E-state index is 13.1. The highest BCUT2D eigenvalue weighted by atomic mass is 32.2. The minimum Gasteiger partial charge on any atom is -0.267 e. The van der Waals surface area contributed by atoms with E-state index in [0.717, 1.165) is 10.6 Å². The van der Waals surface area contributed by atoms with Gasteiger partial charge in [0.25, 0.3) is 5.91 Å². The van der Waals surface area contributed by atoms with E-state index in [1.165, 1.54) is 11.3 Å². The van der Waals surface area contributed by atoms with Crippen LogP contribution in [0.15, 0.2) is 30.3 Å². The van der Waals surface area contributed by atoms with Gasteiger partial charge in [0.1, 0.15) is 9.88 Å². The summed E-state index contributed by atoms with van der Waals surface area (Å²) in [5.41, 5.74) is 1.64. The molecular formula is C17H21N3O3S2. The normalized spacial score (nSPS) is 19.3. The van der Waals surface area contributed by atoms with Crippen LogP contribution >= 0.6 is 11.3 Å². The standard InChI is InChI=1S/C17H21N3O3S2/c1-12-15(24-16(18-12)13-7-5-4-6-8-13)17(21)20(19(2)3)14-9-10-25(22,23)11-14/h4-8,14H,9-11H2,1-3H3. The Kier molecular flexibility index (Phi) is 4.95. The van der Waals surface area contributed by atoms with Crippen molar-refractivity contribution in [3.8, 4) is 10.6 Å². The summed E-state index contributed by atoms with van der Waals surface area (Å²) in [5.74, 6) is -0.0451. The minimum absolute atomic E-state index is 0.0142. The number of rotatable bonds is 4. The van der Waals surface area contributed by atoms with Crippen molar-refractivity contribution in [2.24, 2.45) is 0 Å². The van der Waals surface area contributed by atoms with Crippen LogP contribution in [0.25, 0.3) is 10.6 Å². The number of sulfone groups is 1. The molecule has 0 N–H and O–H groups in total. The van der Waals surface area contributed by atoms with Crippen molar-refractivity contribution >= 4 is 27.1 Å². The number of hydrazine groups is 1. The molecule has 0 bridgehead atoms. The Hall–Kier alpha value is -1.77. The summed E-state index contributed by atoms with van der Waals surface area (Å²) >= 11 is 1.35. The van der Waals surface area contributed by atoms with E-state index >= 15 is 0 Å². The smallest absolute Gasteiger partial charge is 0.267 e. The Morgan fingerprint density at radius 3 is 2.48 bits per heavy atom. The highest BCUT2D eigenvalue weighted by Crippen LogP contribution is 2.30. The number of thiazole rings is 1. The molecule has 0 spiro atoms.